The first-order chi connectivity index (χ1) is 13.3. The average molecular weight is 530 g/mol. The fraction of sp³-hybridized carbons (Fsp3) is 0.556. The maximum absolute atomic E-state index is 13.0. The molecule has 164 valence electrons. The molecule has 0 aliphatic carbocycles. The number of carbonyl (C=O) groups excluding carboxylic acids is 1. The van der Waals surface area contributed by atoms with Crippen molar-refractivity contribution < 1.29 is 27.4 Å². The van der Waals surface area contributed by atoms with Crippen LogP contribution in [0.3, 0.4) is 0 Å². The highest BCUT2D eigenvalue weighted by atomic mass is 127. The van der Waals surface area contributed by atoms with Gasteiger partial charge in [-0.2, -0.15) is 13.2 Å². The van der Waals surface area contributed by atoms with Gasteiger partial charge in [0, 0.05) is 27.2 Å². The van der Waals surface area contributed by atoms with Gasteiger partial charge in [0.15, 0.2) is 5.96 Å². The van der Waals surface area contributed by atoms with Crippen LogP contribution < -0.4 is 10.6 Å². The Balaban J connectivity index is 0.00000420. The zero-order chi connectivity index (χ0) is 20.6. The Hall–Kier alpha value is -1.60. The van der Waals surface area contributed by atoms with Crippen molar-refractivity contribution in [2.45, 2.75) is 12.3 Å². The number of alkyl halides is 3. The molecule has 1 aliphatic heterocycles. The van der Waals surface area contributed by atoms with Crippen molar-refractivity contribution in [2.75, 3.05) is 53.6 Å². The predicted octanol–water partition coefficient (Wildman–Crippen LogP) is 2.03. The van der Waals surface area contributed by atoms with Crippen LogP contribution in [-0.4, -0.2) is 70.3 Å². The highest BCUT2D eigenvalue weighted by molar-refractivity contribution is 14.0. The molecular weight excluding hydrogens is 504 g/mol. The number of aliphatic imine (C=N–C) groups is 1. The molecule has 1 aliphatic rings. The lowest BCUT2D eigenvalue weighted by Crippen LogP contribution is -2.50. The van der Waals surface area contributed by atoms with Gasteiger partial charge in [0.1, 0.15) is 6.10 Å². The Morgan fingerprint density at radius 2 is 2.14 bits per heavy atom. The average Bonchev–Trinajstić information content (AvgIpc) is 2.68. The number of ether oxygens (including phenoxy) is 2. The van der Waals surface area contributed by atoms with Gasteiger partial charge < -0.3 is 25.0 Å². The van der Waals surface area contributed by atoms with Gasteiger partial charge in [0.25, 0.3) is 0 Å². The number of methoxy groups -OCH3 is 1. The quantitative estimate of drug-likeness (QED) is 0.255. The lowest BCUT2D eigenvalue weighted by molar-refractivity contribution is -0.137. The van der Waals surface area contributed by atoms with Gasteiger partial charge in [-0.05, 0) is 17.7 Å². The minimum absolute atomic E-state index is 0. The second-order valence-electron chi connectivity index (χ2n) is 6.17. The minimum atomic E-state index is -4.40. The zero-order valence-electron chi connectivity index (χ0n) is 16.3. The molecule has 1 saturated heterocycles. The number of benzene rings is 1. The highest BCUT2D eigenvalue weighted by Gasteiger charge is 2.32. The molecule has 1 heterocycles. The van der Waals surface area contributed by atoms with E-state index in [9.17, 15) is 18.0 Å². The van der Waals surface area contributed by atoms with Crippen LogP contribution >= 0.6 is 24.0 Å². The van der Waals surface area contributed by atoms with Crippen molar-refractivity contribution in [3.8, 4) is 0 Å². The van der Waals surface area contributed by atoms with Crippen molar-refractivity contribution in [1.82, 2.24) is 15.5 Å². The van der Waals surface area contributed by atoms with E-state index >= 15 is 0 Å². The van der Waals surface area contributed by atoms with E-state index < -0.39 is 17.8 Å². The standard InChI is InChI=1S/C18H25F3N4O3.HI/c1-22-17(24-11-16(26)23-6-8-27-2)25-7-9-28-15(12-25)13-4-3-5-14(10-13)18(19,20)21;/h3-5,10,15H,6-9,11-12H2,1-2H3,(H,22,24)(H,23,26);1H. The lowest BCUT2D eigenvalue weighted by atomic mass is 10.0. The van der Waals surface area contributed by atoms with Gasteiger partial charge >= 0.3 is 6.18 Å². The normalized spacial score (nSPS) is 17.5. The first-order valence-electron chi connectivity index (χ1n) is 8.85. The molecular formula is C18H26F3IN4O3. The molecule has 0 spiro atoms. The molecule has 1 fully saturated rings. The molecule has 2 N–H and O–H groups in total. The zero-order valence-corrected chi connectivity index (χ0v) is 18.6. The largest absolute Gasteiger partial charge is 0.416 e. The predicted molar refractivity (Wildman–Crippen MR) is 113 cm³/mol. The Morgan fingerprint density at radius 1 is 1.38 bits per heavy atom. The highest BCUT2D eigenvalue weighted by Crippen LogP contribution is 2.32. The molecule has 29 heavy (non-hydrogen) atoms. The van der Waals surface area contributed by atoms with Crippen LogP contribution in [-0.2, 0) is 20.4 Å². The monoisotopic (exact) mass is 530 g/mol. The maximum Gasteiger partial charge on any atom is 0.416 e. The van der Waals surface area contributed by atoms with Crippen LogP contribution in [0, 0.1) is 0 Å². The molecule has 11 heteroatoms. The number of morpholine rings is 1. The Bertz CT molecular complexity index is 689. The van der Waals surface area contributed by atoms with Crippen molar-refractivity contribution in [3.05, 3.63) is 35.4 Å². The Morgan fingerprint density at radius 3 is 2.79 bits per heavy atom. The third kappa shape index (κ3) is 7.97. The van der Waals surface area contributed by atoms with E-state index in [0.717, 1.165) is 12.1 Å². The van der Waals surface area contributed by atoms with Gasteiger partial charge in [-0.1, -0.05) is 12.1 Å². The Labute approximate surface area is 185 Å². The maximum atomic E-state index is 13.0. The summed E-state index contributed by atoms with van der Waals surface area (Å²) in [6, 6.07) is 5.13. The number of hydrogen-bond donors (Lipinski definition) is 2. The van der Waals surface area contributed by atoms with Crippen LogP contribution in [0.25, 0.3) is 0 Å². The van der Waals surface area contributed by atoms with Crippen molar-refractivity contribution in [1.29, 1.82) is 0 Å². The van der Waals surface area contributed by atoms with Gasteiger partial charge in [-0.3, -0.25) is 9.79 Å². The van der Waals surface area contributed by atoms with Crippen molar-refractivity contribution in [3.63, 3.8) is 0 Å². The fourth-order valence-corrected chi connectivity index (χ4v) is 2.81. The smallest absolute Gasteiger partial charge is 0.383 e. The first-order valence-corrected chi connectivity index (χ1v) is 8.85. The second-order valence-corrected chi connectivity index (χ2v) is 6.17. The van der Waals surface area contributed by atoms with Gasteiger partial charge in [0.05, 0.1) is 31.9 Å². The lowest BCUT2D eigenvalue weighted by Gasteiger charge is -2.35. The van der Waals surface area contributed by atoms with Crippen LogP contribution in [0.5, 0.6) is 0 Å². The molecule has 1 atom stereocenters. The number of hydrogen-bond acceptors (Lipinski definition) is 4. The molecule has 0 radical (unpaired) electrons. The molecule has 0 bridgehead atoms. The van der Waals surface area contributed by atoms with Gasteiger partial charge in [-0.25, -0.2) is 0 Å². The van der Waals surface area contributed by atoms with E-state index in [1.54, 1.807) is 20.2 Å². The molecule has 1 aromatic carbocycles. The first kappa shape index (κ1) is 25.4. The summed E-state index contributed by atoms with van der Waals surface area (Å²) in [5.41, 5.74) is -0.256. The van der Waals surface area contributed by atoms with E-state index in [2.05, 4.69) is 15.6 Å². The van der Waals surface area contributed by atoms with Crippen LogP contribution in [0.1, 0.15) is 17.2 Å². The third-order valence-electron chi connectivity index (χ3n) is 4.20. The fourth-order valence-electron chi connectivity index (χ4n) is 2.81. The number of carbonyl (C=O) groups is 1. The summed E-state index contributed by atoms with van der Waals surface area (Å²) in [6.07, 6.45) is -4.93. The summed E-state index contributed by atoms with van der Waals surface area (Å²) in [5.74, 6) is 0.281. The summed E-state index contributed by atoms with van der Waals surface area (Å²) in [6.45, 7) is 2.03. The summed E-state index contributed by atoms with van der Waals surface area (Å²) in [7, 11) is 3.13. The number of nitrogens with one attached hydrogen (secondary N) is 2. The second kappa shape index (κ2) is 12.2. The van der Waals surface area contributed by atoms with E-state index in [1.165, 1.54) is 6.07 Å². The van der Waals surface area contributed by atoms with E-state index in [0.29, 0.717) is 44.4 Å². The third-order valence-corrected chi connectivity index (χ3v) is 4.20. The molecule has 2 rings (SSSR count). The number of rotatable bonds is 6. The van der Waals surface area contributed by atoms with Gasteiger partial charge in [0.2, 0.25) is 5.91 Å². The molecule has 1 unspecified atom stereocenters. The molecule has 0 saturated carbocycles. The number of guanidine groups is 1. The number of amides is 1. The molecule has 7 nitrogen and oxygen atoms in total. The van der Waals surface area contributed by atoms with Crippen molar-refractivity contribution >= 4 is 35.8 Å². The summed E-state index contributed by atoms with van der Waals surface area (Å²) in [5, 5.41) is 5.65. The van der Waals surface area contributed by atoms with Crippen molar-refractivity contribution in [2.24, 2.45) is 4.99 Å². The number of halogens is 4. The molecule has 1 aromatic rings. The van der Waals surface area contributed by atoms with Crippen LogP contribution in [0.2, 0.25) is 0 Å². The summed E-state index contributed by atoms with van der Waals surface area (Å²) in [4.78, 5) is 17.8. The minimum Gasteiger partial charge on any atom is -0.383 e. The topological polar surface area (TPSA) is 75.2 Å². The molecule has 1 amide bonds. The van der Waals surface area contributed by atoms with E-state index in [-0.39, 0.29) is 36.4 Å². The molecule has 0 aromatic heterocycles. The van der Waals surface area contributed by atoms with Gasteiger partial charge in [-0.15, -0.1) is 24.0 Å². The SMILES string of the molecule is CN=C(NCC(=O)NCCOC)N1CCOC(c2cccc(C(F)(F)F)c2)C1.I. The Kier molecular flexibility index (Phi) is 10.7. The van der Waals surface area contributed by atoms with Crippen LogP contribution in [0.4, 0.5) is 13.2 Å². The van der Waals surface area contributed by atoms with Crippen LogP contribution in [0.15, 0.2) is 29.3 Å². The van der Waals surface area contributed by atoms with E-state index in [4.69, 9.17) is 9.47 Å². The summed E-state index contributed by atoms with van der Waals surface area (Å²) >= 11 is 0. The van der Waals surface area contributed by atoms with E-state index in [1.807, 2.05) is 4.90 Å². The number of nitrogens with zero attached hydrogens (tertiary/aromatic N) is 2. The summed E-state index contributed by atoms with van der Waals surface area (Å²) < 4.78 is 49.4.